The number of para-hydroxylation sites is 1. The maximum absolute atomic E-state index is 13.6. The molecule has 1 fully saturated rings. The van der Waals surface area contributed by atoms with Gasteiger partial charge in [-0.15, -0.1) is 11.3 Å². The van der Waals surface area contributed by atoms with E-state index in [1.54, 1.807) is 10.4 Å². The van der Waals surface area contributed by atoms with Crippen molar-refractivity contribution in [2.24, 2.45) is 0 Å². The predicted octanol–water partition coefficient (Wildman–Crippen LogP) is 4.34. The van der Waals surface area contributed by atoms with Gasteiger partial charge in [-0.2, -0.15) is 0 Å². The first-order valence-electron chi connectivity index (χ1n) is 9.08. The Morgan fingerprint density at radius 1 is 1.04 bits per heavy atom. The van der Waals surface area contributed by atoms with Crippen molar-refractivity contribution in [3.05, 3.63) is 47.3 Å². The van der Waals surface area contributed by atoms with Crippen molar-refractivity contribution in [1.29, 1.82) is 0 Å². The number of anilines is 1. The summed E-state index contributed by atoms with van der Waals surface area (Å²) in [5.41, 5.74) is 0.705. The van der Waals surface area contributed by atoms with Gasteiger partial charge in [-0.25, -0.2) is 8.42 Å². The molecule has 6 heteroatoms. The normalized spacial score (nSPS) is 17.4. The summed E-state index contributed by atoms with van der Waals surface area (Å²) in [4.78, 5) is 3.35. The number of piperidine rings is 1. The predicted molar refractivity (Wildman–Crippen MR) is 110 cm³/mol. The standard InChI is InChI=1S/C20H28N2O2S2/c1-20(2,3)18-10-11-19(25-18)26(23,24)22(16-8-6-5-7-9-16)17-12-14-21(4)15-13-17/h5-11,17H,12-15H2,1-4H3. The van der Waals surface area contributed by atoms with E-state index in [2.05, 4.69) is 32.7 Å². The van der Waals surface area contributed by atoms with Gasteiger partial charge in [0, 0.05) is 10.9 Å². The van der Waals surface area contributed by atoms with Gasteiger partial charge >= 0.3 is 0 Å². The zero-order valence-electron chi connectivity index (χ0n) is 16.0. The molecule has 26 heavy (non-hydrogen) atoms. The molecule has 4 nitrogen and oxygen atoms in total. The molecule has 1 aliphatic rings. The van der Waals surface area contributed by atoms with Crippen molar-refractivity contribution >= 4 is 27.0 Å². The highest BCUT2D eigenvalue weighted by Gasteiger charge is 2.35. The SMILES string of the molecule is CN1CCC(N(c2ccccc2)S(=O)(=O)c2ccc(C(C)(C)C)s2)CC1. The van der Waals surface area contributed by atoms with Gasteiger partial charge in [0.25, 0.3) is 10.0 Å². The summed E-state index contributed by atoms with van der Waals surface area (Å²) < 4.78 is 29.3. The van der Waals surface area contributed by atoms with E-state index in [0.29, 0.717) is 4.21 Å². The van der Waals surface area contributed by atoms with Gasteiger partial charge in [0.05, 0.1) is 5.69 Å². The molecule has 1 aromatic heterocycles. The number of hydrogen-bond acceptors (Lipinski definition) is 4. The molecule has 0 saturated carbocycles. The fourth-order valence-electron chi connectivity index (χ4n) is 3.31. The molecular weight excluding hydrogens is 364 g/mol. The van der Waals surface area contributed by atoms with Crippen molar-refractivity contribution < 1.29 is 8.42 Å². The Morgan fingerprint density at radius 2 is 1.65 bits per heavy atom. The zero-order valence-corrected chi connectivity index (χ0v) is 17.6. The highest BCUT2D eigenvalue weighted by Crippen LogP contribution is 2.36. The summed E-state index contributed by atoms with van der Waals surface area (Å²) in [6.07, 6.45) is 1.70. The van der Waals surface area contributed by atoms with Crippen LogP contribution in [0.4, 0.5) is 5.69 Å². The largest absolute Gasteiger partial charge is 0.306 e. The molecule has 0 radical (unpaired) electrons. The summed E-state index contributed by atoms with van der Waals surface area (Å²) in [5, 5.41) is 0. The second kappa shape index (κ2) is 7.33. The van der Waals surface area contributed by atoms with Crippen molar-refractivity contribution in [3.63, 3.8) is 0 Å². The Balaban J connectivity index is 2.01. The maximum Gasteiger partial charge on any atom is 0.274 e. The summed E-state index contributed by atoms with van der Waals surface area (Å²) in [6.45, 7) is 8.17. The molecule has 1 aromatic carbocycles. The Bertz CT molecular complexity index is 830. The Labute approximate surface area is 161 Å². The van der Waals surface area contributed by atoms with E-state index >= 15 is 0 Å². The van der Waals surface area contributed by atoms with Crippen molar-refractivity contribution in [1.82, 2.24) is 4.90 Å². The lowest BCUT2D eigenvalue weighted by atomic mass is 9.95. The molecule has 0 atom stereocenters. The summed E-state index contributed by atoms with van der Waals surface area (Å²) in [5.74, 6) is 0. The van der Waals surface area contributed by atoms with Crippen LogP contribution in [-0.2, 0) is 15.4 Å². The van der Waals surface area contributed by atoms with Gasteiger partial charge in [0.15, 0.2) is 0 Å². The van der Waals surface area contributed by atoms with E-state index in [0.717, 1.165) is 36.5 Å². The number of rotatable bonds is 4. The molecule has 0 bridgehead atoms. The van der Waals surface area contributed by atoms with Crippen LogP contribution in [0.5, 0.6) is 0 Å². The summed E-state index contributed by atoms with van der Waals surface area (Å²) in [6, 6.07) is 13.2. The monoisotopic (exact) mass is 392 g/mol. The lowest BCUT2D eigenvalue weighted by molar-refractivity contribution is 0.257. The van der Waals surface area contributed by atoms with Gasteiger partial charge in [0.2, 0.25) is 0 Å². The minimum absolute atomic E-state index is 0.00112. The van der Waals surface area contributed by atoms with Crippen LogP contribution in [0.3, 0.4) is 0 Å². The lowest BCUT2D eigenvalue weighted by Crippen LogP contribution is -2.46. The van der Waals surface area contributed by atoms with Crippen LogP contribution in [-0.4, -0.2) is 39.5 Å². The first kappa shape index (κ1) is 19.4. The van der Waals surface area contributed by atoms with E-state index in [1.807, 2.05) is 36.4 Å². The Hall–Kier alpha value is -1.37. The molecule has 2 aromatic rings. The fourth-order valence-corrected chi connectivity index (χ4v) is 6.47. The van der Waals surface area contributed by atoms with E-state index in [1.165, 1.54) is 11.3 Å². The van der Waals surface area contributed by atoms with Crippen molar-refractivity contribution in [2.75, 3.05) is 24.4 Å². The second-order valence-electron chi connectivity index (χ2n) is 8.04. The van der Waals surface area contributed by atoms with Crippen LogP contribution in [0.2, 0.25) is 0 Å². The quantitative estimate of drug-likeness (QED) is 0.777. The smallest absolute Gasteiger partial charge is 0.274 e. The summed E-state index contributed by atoms with van der Waals surface area (Å²) in [7, 11) is -1.49. The third-order valence-electron chi connectivity index (χ3n) is 4.86. The molecule has 2 heterocycles. The third-order valence-corrected chi connectivity index (χ3v) is 8.72. The minimum Gasteiger partial charge on any atom is -0.306 e. The molecule has 0 spiro atoms. The molecule has 1 aliphatic heterocycles. The Kier molecular flexibility index (Phi) is 5.47. The number of thiophene rings is 1. The van der Waals surface area contributed by atoms with Crippen LogP contribution in [0.15, 0.2) is 46.7 Å². The molecule has 0 N–H and O–H groups in total. The molecule has 3 rings (SSSR count). The van der Waals surface area contributed by atoms with Gasteiger partial charge in [-0.05, 0) is 62.7 Å². The molecular formula is C20H28N2O2S2. The second-order valence-corrected chi connectivity index (χ2v) is 11.2. The third kappa shape index (κ3) is 3.97. The highest BCUT2D eigenvalue weighted by atomic mass is 32.2. The van der Waals surface area contributed by atoms with Crippen LogP contribution >= 0.6 is 11.3 Å². The number of nitrogens with zero attached hydrogens (tertiary/aromatic N) is 2. The maximum atomic E-state index is 13.6. The van der Waals surface area contributed by atoms with Gasteiger partial charge in [-0.1, -0.05) is 39.0 Å². The van der Waals surface area contributed by atoms with Crippen LogP contribution in [0.25, 0.3) is 0 Å². The van der Waals surface area contributed by atoms with Gasteiger partial charge < -0.3 is 4.90 Å². The van der Waals surface area contributed by atoms with Gasteiger partial charge in [-0.3, -0.25) is 4.31 Å². The van der Waals surface area contributed by atoms with Crippen molar-refractivity contribution in [3.8, 4) is 0 Å². The van der Waals surface area contributed by atoms with E-state index in [-0.39, 0.29) is 11.5 Å². The van der Waals surface area contributed by atoms with Gasteiger partial charge in [0.1, 0.15) is 4.21 Å². The van der Waals surface area contributed by atoms with Crippen LogP contribution in [0.1, 0.15) is 38.5 Å². The highest BCUT2D eigenvalue weighted by molar-refractivity contribution is 7.94. The topological polar surface area (TPSA) is 40.6 Å². The zero-order chi connectivity index (χ0) is 18.9. The summed E-state index contributed by atoms with van der Waals surface area (Å²) >= 11 is 1.39. The van der Waals surface area contributed by atoms with E-state index in [9.17, 15) is 8.42 Å². The fraction of sp³-hybridized carbons (Fsp3) is 0.500. The molecule has 0 unspecified atom stereocenters. The van der Waals surface area contributed by atoms with E-state index in [4.69, 9.17) is 0 Å². The Morgan fingerprint density at radius 3 is 2.19 bits per heavy atom. The first-order chi connectivity index (χ1) is 12.2. The number of sulfonamides is 1. The first-order valence-corrected chi connectivity index (χ1v) is 11.3. The average Bonchev–Trinajstić information content (AvgIpc) is 3.09. The van der Waals surface area contributed by atoms with E-state index < -0.39 is 10.0 Å². The molecule has 0 aliphatic carbocycles. The molecule has 142 valence electrons. The van der Waals surface area contributed by atoms with Crippen LogP contribution in [0, 0.1) is 0 Å². The minimum atomic E-state index is -3.58. The van der Waals surface area contributed by atoms with Crippen LogP contribution < -0.4 is 4.31 Å². The lowest BCUT2D eigenvalue weighted by Gasteiger charge is -2.37. The number of hydrogen-bond donors (Lipinski definition) is 0. The number of likely N-dealkylation sites (tertiary alicyclic amines) is 1. The average molecular weight is 393 g/mol. The molecule has 1 saturated heterocycles. The number of benzene rings is 1. The molecule has 0 amide bonds. The van der Waals surface area contributed by atoms with Crippen molar-refractivity contribution in [2.45, 2.75) is 49.3 Å².